The zero-order valence-corrected chi connectivity index (χ0v) is 10.5. The summed E-state index contributed by atoms with van der Waals surface area (Å²) in [6.07, 6.45) is 2.84. The van der Waals surface area contributed by atoms with Gasteiger partial charge in [-0.2, -0.15) is 0 Å². The molecule has 5 nitrogen and oxygen atoms in total. The second kappa shape index (κ2) is 6.39. The summed E-state index contributed by atoms with van der Waals surface area (Å²) in [5.74, 6) is 1.48. The number of rotatable bonds is 5. The Hall–Kier alpha value is -2.56. The summed E-state index contributed by atoms with van der Waals surface area (Å²) >= 11 is 0. The SMILES string of the molecule is COc1ccc(COc2ccc(C=NO)nc2)cc1. The first kappa shape index (κ1) is 12.9. The first-order valence-electron chi connectivity index (χ1n) is 5.71. The third-order valence-corrected chi connectivity index (χ3v) is 2.51. The molecule has 2 rings (SSSR count). The Bertz CT molecular complexity index is 536. The number of hydrogen-bond acceptors (Lipinski definition) is 5. The lowest BCUT2D eigenvalue weighted by molar-refractivity contribution is 0.304. The van der Waals surface area contributed by atoms with Crippen molar-refractivity contribution in [1.82, 2.24) is 4.98 Å². The second-order valence-corrected chi connectivity index (χ2v) is 3.80. The molecule has 0 aliphatic rings. The molecule has 0 unspecified atom stereocenters. The topological polar surface area (TPSA) is 63.9 Å². The molecule has 1 N–H and O–H groups in total. The van der Waals surface area contributed by atoms with Gasteiger partial charge in [-0.05, 0) is 29.8 Å². The van der Waals surface area contributed by atoms with E-state index in [1.807, 2.05) is 24.3 Å². The number of oxime groups is 1. The van der Waals surface area contributed by atoms with Crippen molar-refractivity contribution in [2.45, 2.75) is 6.61 Å². The van der Waals surface area contributed by atoms with Crippen molar-refractivity contribution in [1.29, 1.82) is 0 Å². The molecular weight excluding hydrogens is 244 g/mol. The molecule has 2 aromatic rings. The molecule has 1 heterocycles. The van der Waals surface area contributed by atoms with Gasteiger partial charge in [0, 0.05) is 0 Å². The van der Waals surface area contributed by atoms with E-state index in [2.05, 4.69) is 10.1 Å². The maximum absolute atomic E-state index is 8.37. The van der Waals surface area contributed by atoms with E-state index in [9.17, 15) is 0 Å². The molecule has 0 fully saturated rings. The Morgan fingerprint density at radius 2 is 1.89 bits per heavy atom. The average Bonchev–Trinajstić information content (AvgIpc) is 2.47. The molecule has 0 saturated carbocycles. The van der Waals surface area contributed by atoms with Gasteiger partial charge in [-0.25, -0.2) is 0 Å². The number of aromatic nitrogens is 1. The fourth-order valence-electron chi connectivity index (χ4n) is 1.50. The number of benzene rings is 1. The number of ether oxygens (including phenoxy) is 2. The Morgan fingerprint density at radius 3 is 2.47 bits per heavy atom. The van der Waals surface area contributed by atoms with Crippen LogP contribution in [0.25, 0.3) is 0 Å². The van der Waals surface area contributed by atoms with Gasteiger partial charge in [0.15, 0.2) is 0 Å². The molecule has 98 valence electrons. The summed E-state index contributed by atoms with van der Waals surface area (Å²) < 4.78 is 10.7. The number of nitrogens with zero attached hydrogens (tertiary/aromatic N) is 2. The summed E-state index contributed by atoms with van der Waals surface area (Å²) in [7, 11) is 1.63. The lowest BCUT2D eigenvalue weighted by Gasteiger charge is -2.06. The monoisotopic (exact) mass is 258 g/mol. The molecule has 0 bridgehead atoms. The second-order valence-electron chi connectivity index (χ2n) is 3.80. The highest BCUT2D eigenvalue weighted by Gasteiger charge is 1.98. The molecule has 0 aliphatic carbocycles. The molecule has 0 amide bonds. The van der Waals surface area contributed by atoms with Crippen LogP contribution in [0.1, 0.15) is 11.3 Å². The molecule has 1 aromatic heterocycles. The lowest BCUT2D eigenvalue weighted by atomic mass is 10.2. The van der Waals surface area contributed by atoms with Crippen molar-refractivity contribution < 1.29 is 14.7 Å². The van der Waals surface area contributed by atoms with Crippen molar-refractivity contribution in [2.24, 2.45) is 5.16 Å². The first-order valence-corrected chi connectivity index (χ1v) is 5.71. The fraction of sp³-hybridized carbons (Fsp3) is 0.143. The van der Waals surface area contributed by atoms with Crippen LogP contribution in [0.4, 0.5) is 0 Å². The third kappa shape index (κ3) is 3.70. The summed E-state index contributed by atoms with van der Waals surface area (Å²) in [5.41, 5.74) is 1.61. The normalized spacial score (nSPS) is 10.6. The van der Waals surface area contributed by atoms with Crippen LogP contribution in [0, 0.1) is 0 Å². The minimum atomic E-state index is 0.457. The van der Waals surface area contributed by atoms with Gasteiger partial charge in [0.25, 0.3) is 0 Å². The Labute approximate surface area is 111 Å². The maximum Gasteiger partial charge on any atom is 0.138 e. The number of hydrogen-bond donors (Lipinski definition) is 1. The van der Waals surface area contributed by atoms with Gasteiger partial charge in [0.05, 0.1) is 25.2 Å². The van der Waals surface area contributed by atoms with Crippen molar-refractivity contribution >= 4 is 6.21 Å². The van der Waals surface area contributed by atoms with Crippen molar-refractivity contribution in [3.63, 3.8) is 0 Å². The van der Waals surface area contributed by atoms with Crippen molar-refractivity contribution in [2.75, 3.05) is 7.11 Å². The van der Waals surface area contributed by atoms with Crippen molar-refractivity contribution in [3.8, 4) is 11.5 Å². The minimum Gasteiger partial charge on any atom is -0.497 e. The van der Waals surface area contributed by atoms with E-state index in [1.54, 1.807) is 25.4 Å². The van der Waals surface area contributed by atoms with Gasteiger partial charge in [-0.1, -0.05) is 17.3 Å². The zero-order chi connectivity index (χ0) is 13.5. The molecule has 0 spiro atoms. The Balaban J connectivity index is 1.93. The van der Waals surface area contributed by atoms with Crippen LogP contribution < -0.4 is 9.47 Å². The molecule has 0 aliphatic heterocycles. The Kier molecular flexibility index (Phi) is 4.34. The van der Waals surface area contributed by atoms with E-state index < -0.39 is 0 Å². The van der Waals surface area contributed by atoms with Gasteiger partial charge < -0.3 is 14.7 Å². The van der Waals surface area contributed by atoms with Crippen LogP contribution in [0.2, 0.25) is 0 Å². The minimum absolute atomic E-state index is 0.457. The fourth-order valence-corrected chi connectivity index (χ4v) is 1.50. The third-order valence-electron chi connectivity index (χ3n) is 2.51. The first-order chi connectivity index (χ1) is 9.31. The van der Waals surface area contributed by atoms with Gasteiger partial charge in [-0.15, -0.1) is 0 Å². The highest BCUT2D eigenvalue weighted by molar-refractivity contribution is 5.76. The molecule has 19 heavy (non-hydrogen) atoms. The predicted molar refractivity (Wildman–Crippen MR) is 70.9 cm³/mol. The predicted octanol–water partition coefficient (Wildman–Crippen LogP) is 2.48. The molecule has 0 atom stereocenters. The highest BCUT2D eigenvalue weighted by Crippen LogP contribution is 2.14. The molecular formula is C14H14N2O3. The largest absolute Gasteiger partial charge is 0.497 e. The van der Waals surface area contributed by atoms with Crippen LogP contribution in [0.3, 0.4) is 0 Å². The van der Waals surface area contributed by atoms with Crippen LogP contribution >= 0.6 is 0 Å². The summed E-state index contributed by atoms with van der Waals surface area (Å²) in [5, 5.41) is 11.3. The molecule has 0 radical (unpaired) electrons. The van der Waals surface area contributed by atoms with Crippen LogP contribution in [0.5, 0.6) is 11.5 Å². The lowest BCUT2D eigenvalue weighted by Crippen LogP contribution is -1.96. The van der Waals surface area contributed by atoms with Gasteiger partial charge >= 0.3 is 0 Å². The Morgan fingerprint density at radius 1 is 1.16 bits per heavy atom. The number of methoxy groups -OCH3 is 1. The quantitative estimate of drug-likeness (QED) is 0.508. The van der Waals surface area contributed by atoms with E-state index in [4.69, 9.17) is 14.7 Å². The van der Waals surface area contributed by atoms with Crippen LogP contribution in [0.15, 0.2) is 47.8 Å². The average molecular weight is 258 g/mol. The van der Waals surface area contributed by atoms with E-state index in [1.165, 1.54) is 6.21 Å². The molecule has 1 aromatic carbocycles. The van der Waals surface area contributed by atoms with Gasteiger partial charge in [-0.3, -0.25) is 4.98 Å². The van der Waals surface area contributed by atoms with E-state index in [-0.39, 0.29) is 0 Å². The van der Waals surface area contributed by atoms with Crippen LogP contribution in [-0.4, -0.2) is 23.5 Å². The summed E-state index contributed by atoms with van der Waals surface area (Å²) in [6, 6.07) is 11.1. The van der Waals surface area contributed by atoms with E-state index >= 15 is 0 Å². The highest BCUT2D eigenvalue weighted by atomic mass is 16.5. The maximum atomic E-state index is 8.37. The smallest absolute Gasteiger partial charge is 0.138 e. The van der Waals surface area contributed by atoms with E-state index in [0.29, 0.717) is 18.1 Å². The van der Waals surface area contributed by atoms with E-state index in [0.717, 1.165) is 11.3 Å². The molecule has 0 saturated heterocycles. The van der Waals surface area contributed by atoms with Crippen molar-refractivity contribution in [3.05, 3.63) is 53.9 Å². The summed E-state index contributed by atoms with van der Waals surface area (Å²) in [4.78, 5) is 4.05. The molecule has 5 heteroatoms. The number of pyridine rings is 1. The summed E-state index contributed by atoms with van der Waals surface area (Å²) in [6.45, 7) is 0.457. The van der Waals surface area contributed by atoms with Gasteiger partial charge in [0.2, 0.25) is 0 Å². The van der Waals surface area contributed by atoms with Gasteiger partial charge in [0.1, 0.15) is 18.1 Å². The standard InChI is InChI=1S/C14H14N2O3/c1-18-13-5-2-11(3-6-13)10-19-14-7-4-12(8-16-17)15-9-14/h2-9,17H,10H2,1H3. The van der Waals surface area contributed by atoms with Crippen LogP contribution in [-0.2, 0) is 6.61 Å². The zero-order valence-electron chi connectivity index (χ0n) is 10.5.